The highest BCUT2D eigenvalue weighted by Gasteiger charge is 2.50. The van der Waals surface area contributed by atoms with E-state index >= 15 is 0 Å². The van der Waals surface area contributed by atoms with Crippen molar-refractivity contribution >= 4 is 40.6 Å². The van der Waals surface area contributed by atoms with E-state index in [-0.39, 0.29) is 12.2 Å². The molecular weight excluding hydrogens is 307 g/mol. The zero-order valence-corrected chi connectivity index (χ0v) is 13.4. The number of carbonyl (C=O) groups is 1. The molecule has 1 aromatic carbocycles. The Kier molecular flexibility index (Phi) is 4.95. The van der Waals surface area contributed by atoms with Crippen LogP contribution in [0.25, 0.3) is 0 Å². The van der Waals surface area contributed by atoms with Gasteiger partial charge in [-0.3, -0.25) is 4.79 Å². The minimum atomic E-state index is -1.99. The molecule has 0 amide bonds. The highest BCUT2D eigenvalue weighted by atomic mass is 35.6. The number of carbonyl (C=O) groups excluding carboxylic acids is 1. The molecule has 1 unspecified atom stereocenters. The fourth-order valence-corrected chi connectivity index (χ4v) is 2.11. The summed E-state index contributed by atoms with van der Waals surface area (Å²) in [4.78, 5) is 12.2. The van der Waals surface area contributed by atoms with Crippen LogP contribution in [0.5, 0.6) is 0 Å². The first kappa shape index (κ1) is 16.8. The molecule has 0 aromatic heterocycles. The molecule has 0 spiro atoms. The lowest BCUT2D eigenvalue weighted by molar-refractivity contribution is -0.131. The number of rotatable bonds is 3. The van der Waals surface area contributed by atoms with E-state index in [1.54, 1.807) is 51.1 Å². The van der Waals surface area contributed by atoms with E-state index < -0.39 is 14.8 Å². The maximum atomic E-state index is 12.2. The molecule has 1 aromatic rings. The molecule has 0 saturated heterocycles. The van der Waals surface area contributed by atoms with Crippen molar-refractivity contribution in [1.29, 1.82) is 0 Å². The number of hydrogen-bond donors (Lipinski definition) is 1. The third kappa shape index (κ3) is 3.85. The molecule has 0 heterocycles. The van der Waals surface area contributed by atoms with Crippen LogP contribution in [0.3, 0.4) is 0 Å². The van der Waals surface area contributed by atoms with Crippen LogP contribution in [-0.4, -0.2) is 14.7 Å². The van der Waals surface area contributed by atoms with Crippen molar-refractivity contribution in [3.8, 4) is 0 Å². The summed E-state index contributed by atoms with van der Waals surface area (Å²) in [5.74, 6) is -0.176. The van der Waals surface area contributed by atoms with Crippen LogP contribution in [0.2, 0.25) is 0 Å². The Bertz CT molecular complexity index is 446. The Morgan fingerprint density at radius 3 is 1.95 bits per heavy atom. The van der Waals surface area contributed by atoms with Crippen molar-refractivity contribution in [2.45, 2.75) is 36.6 Å². The zero-order valence-electron chi connectivity index (χ0n) is 11.1. The summed E-state index contributed by atoms with van der Waals surface area (Å²) >= 11 is 17.7. The molecule has 1 N–H and O–H groups in total. The van der Waals surface area contributed by atoms with Gasteiger partial charge >= 0.3 is 0 Å². The Balaban J connectivity index is 3.21. The lowest BCUT2D eigenvalue weighted by atomic mass is 9.81. The zero-order chi connectivity index (χ0) is 14.9. The van der Waals surface area contributed by atoms with Crippen molar-refractivity contribution in [2.24, 2.45) is 5.41 Å². The van der Waals surface area contributed by atoms with Gasteiger partial charge in [-0.05, 0) is 5.56 Å². The van der Waals surface area contributed by atoms with E-state index in [9.17, 15) is 9.90 Å². The van der Waals surface area contributed by atoms with Crippen LogP contribution in [0.15, 0.2) is 30.3 Å². The number of hydrogen-bond acceptors (Lipinski definition) is 2. The van der Waals surface area contributed by atoms with Crippen molar-refractivity contribution in [2.75, 3.05) is 0 Å². The van der Waals surface area contributed by atoms with Crippen molar-refractivity contribution in [3.05, 3.63) is 35.9 Å². The number of alkyl halides is 3. The first-order valence-electron chi connectivity index (χ1n) is 5.86. The minimum absolute atomic E-state index is 0.176. The number of aliphatic hydroxyl groups is 1. The van der Waals surface area contributed by atoms with Gasteiger partial charge in [-0.25, -0.2) is 0 Å². The fraction of sp³-hybridized carbons (Fsp3) is 0.500. The van der Waals surface area contributed by atoms with Gasteiger partial charge in [0, 0.05) is 11.8 Å². The van der Waals surface area contributed by atoms with Gasteiger partial charge in [0.05, 0.1) is 0 Å². The summed E-state index contributed by atoms with van der Waals surface area (Å²) in [5.41, 5.74) is -2.05. The van der Waals surface area contributed by atoms with Gasteiger partial charge in [-0.15, -0.1) is 0 Å². The summed E-state index contributed by atoms with van der Waals surface area (Å²) in [6, 6.07) is 8.50. The Labute approximate surface area is 128 Å². The van der Waals surface area contributed by atoms with Crippen LogP contribution in [-0.2, 0) is 10.4 Å². The maximum Gasteiger partial charge on any atom is 0.223 e. The van der Waals surface area contributed by atoms with Crippen molar-refractivity contribution < 1.29 is 9.90 Å². The van der Waals surface area contributed by atoms with E-state index in [1.165, 1.54) is 0 Å². The first-order valence-corrected chi connectivity index (χ1v) is 7.00. The van der Waals surface area contributed by atoms with E-state index in [0.717, 1.165) is 0 Å². The molecule has 0 aliphatic heterocycles. The number of halogens is 3. The Morgan fingerprint density at radius 1 is 1.11 bits per heavy atom. The summed E-state index contributed by atoms with van der Waals surface area (Å²) in [5, 5.41) is 10.7. The SMILES string of the molecule is CC(C)(C)C(=O)CC(O)(c1ccccc1)C(Cl)(Cl)Cl. The average molecular weight is 324 g/mol. The molecule has 106 valence electrons. The van der Waals surface area contributed by atoms with E-state index in [4.69, 9.17) is 34.8 Å². The molecule has 0 bridgehead atoms. The van der Waals surface area contributed by atoms with E-state index in [0.29, 0.717) is 5.56 Å². The first-order chi connectivity index (χ1) is 8.48. The summed E-state index contributed by atoms with van der Waals surface area (Å²) in [7, 11) is 0. The summed E-state index contributed by atoms with van der Waals surface area (Å²) in [6.45, 7) is 5.29. The Hall–Kier alpha value is -0.280. The highest BCUT2D eigenvalue weighted by molar-refractivity contribution is 6.68. The summed E-state index contributed by atoms with van der Waals surface area (Å²) < 4.78 is -1.99. The molecule has 1 rings (SSSR count). The quantitative estimate of drug-likeness (QED) is 0.844. The molecule has 2 nitrogen and oxygen atoms in total. The topological polar surface area (TPSA) is 37.3 Å². The molecule has 0 radical (unpaired) electrons. The second-order valence-corrected chi connectivity index (χ2v) is 7.86. The standard InChI is InChI=1S/C14H17Cl3O2/c1-12(2,3)11(18)9-13(19,14(15,16)17)10-7-5-4-6-8-10/h4-8,19H,9H2,1-3H3. The summed E-state index contributed by atoms with van der Waals surface area (Å²) in [6.07, 6.45) is -0.253. The van der Waals surface area contributed by atoms with Gasteiger partial charge in [0.15, 0.2) is 0 Å². The molecule has 0 aliphatic carbocycles. The van der Waals surface area contributed by atoms with Crippen LogP contribution >= 0.6 is 34.8 Å². The lowest BCUT2D eigenvalue weighted by Gasteiger charge is -2.36. The lowest BCUT2D eigenvalue weighted by Crippen LogP contribution is -2.43. The van der Waals surface area contributed by atoms with Crippen molar-refractivity contribution in [3.63, 3.8) is 0 Å². The predicted molar refractivity (Wildman–Crippen MR) is 79.7 cm³/mol. The number of benzene rings is 1. The van der Waals surface area contributed by atoms with E-state index in [1.807, 2.05) is 0 Å². The normalized spacial score (nSPS) is 15.9. The van der Waals surface area contributed by atoms with Gasteiger partial charge in [-0.2, -0.15) is 0 Å². The van der Waals surface area contributed by atoms with E-state index in [2.05, 4.69) is 0 Å². The highest BCUT2D eigenvalue weighted by Crippen LogP contribution is 2.48. The Morgan fingerprint density at radius 2 is 1.58 bits per heavy atom. The molecule has 5 heteroatoms. The van der Waals surface area contributed by atoms with Crippen LogP contribution < -0.4 is 0 Å². The third-order valence-corrected chi connectivity index (χ3v) is 3.91. The molecular formula is C14H17Cl3O2. The third-order valence-electron chi connectivity index (χ3n) is 2.97. The van der Waals surface area contributed by atoms with Crippen LogP contribution in [0.4, 0.5) is 0 Å². The van der Waals surface area contributed by atoms with Gasteiger partial charge in [0.25, 0.3) is 0 Å². The van der Waals surface area contributed by atoms with Crippen LogP contribution in [0.1, 0.15) is 32.8 Å². The van der Waals surface area contributed by atoms with Gasteiger partial charge in [0.2, 0.25) is 3.79 Å². The fourth-order valence-electron chi connectivity index (χ4n) is 1.58. The van der Waals surface area contributed by atoms with Gasteiger partial charge in [-0.1, -0.05) is 85.9 Å². The number of ketones is 1. The molecule has 0 fully saturated rings. The number of Topliss-reactive ketones (excluding diaryl/α,β-unsaturated/α-hetero) is 1. The molecule has 0 saturated carbocycles. The minimum Gasteiger partial charge on any atom is -0.380 e. The maximum absolute atomic E-state index is 12.2. The van der Waals surface area contributed by atoms with Crippen molar-refractivity contribution in [1.82, 2.24) is 0 Å². The predicted octanol–water partition coefficient (Wildman–Crippen LogP) is 4.25. The average Bonchev–Trinajstić information content (AvgIpc) is 2.27. The second-order valence-electron chi connectivity index (χ2n) is 5.57. The van der Waals surface area contributed by atoms with Gasteiger partial charge in [0.1, 0.15) is 11.4 Å². The molecule has 1 atom stereocenters. The molecule has 19 heavy (non-hydrogen) atoms. The monoisotopic (exact) mass is 322 g/mol. The largest absolute Gasteiger partial charge is 0.380 e. The van der Waals surface area contributed by atoms with Gasteiger partial charge < -0.3 is 5.11 Å². The van der Waals surface area contributed by atoms with Crippen LogP contribution in [0, 0.1) is 5.41 Å². The smallest absolute Gasteiger partial charge is 0.223 e. The molecule has 0 aliphatic rings. The second kappa shape index (κ2) is 5.61.